The van der Waals surface area contributed by atoms with Crippen LogP contribution in [0.2, 0.25) is 0 Å². The third-order valence-corrected chi connectivity index (χ3v) is 5.24. The molecule has 2 aromatic carbocycles. The van der Waals surface area contributed by atoms with Crippen molar-refractivity contribution in [2.24, 2.45) is 5.10 Å². The number of methoxy groups -OCH3 is 1. The number of benzene rings is 2. The van der Waals surface area contributed by atoms with E-state index < -0.39 is 5.97 Å². The topological polar surface area (TPSA) is 84.7 Å². The van der Waals surface area contributed by atoms with E-state index in [-0.39, 0.29) is 12.5 Å². The average molecular weight is 483 g/mol. The Morgan fingerprint density at radius 2 is 1.84 bits per heavy atom. The minimum absolute atomic E-state index is 0.102. The molecule has 7 nitrogen and oxygen atoms in total. The van der Waals surface area contributed by atoms with Gasteiger partial charge in [0.05, 0.1) is 31.1 Å². The first-order valence-corrected chi connectivity index (χ1v) is 10.4. The Balaban J connectivity index is 1.70. The van der Waals surface area contributed by atoms with Crippen LogP contribution in [0.3, 0.4) is 0 Å². The van der Waals surface area contributed by atoms with Crippen molar-refractivity contribution in [1.82, 2.24) is 9.99 Å². The molecule has 0 fully saturated rings. The Bertz CT molecular complexity index is 1120. The lowest BCUT2D eigenvalue weighted by molar-refractivity contribution is -0.119. The monoisotopic (exact) mass is 482 g/mol. The van der Waals surface area contributed by atoms with Crippen LogP contribution >= 0.6 is 15.9 Å². The molecule has 1 amide bonds. The van der Waals surface area contributed by atoms with Gasteiger partial charge in [0.15, 0.2) is 0 Å². The van der Waals surface area contributed by atoms with Gasteiger partial charge in [-0.2, -0.15) is 5.10 Å². The number of para-hydroxylation sites is 1. The van der Waals surface area contributed by atoms with Crippen molar-refractivity contribution < 1.29 is 14.3 Å². The van der Waals surface area contributed by atoms with E-state index in [0.717, 1.165) is 32.8 Å². The van der Waals surface area contributed by atoms with Crippen LogP contribution in [0.15, 0.2) is 64.2 Å². The fourth-order valence-corrected chi connectivity index (χ4v) is 3.47. The minimum Gasteiger partial charge on any atom is -0.465 e. The summed E-state index contributed by atoms with van der Waals surface area (Å²) in [5, 5.41) is 7.11. The molecule has 0 atom stereocenters. The predicted octanol–water partition coefficient (Wildman–Crippen LogP) is 4.21. The lowest BCUT2D eigenvalue weighted by atomic mass is 10.1. The summed E-state index contributed by atoms with van der Waals surface area (Å²) in [4.78, 5) is 24.2. The number of aryl methyl sites for hydroxylation is 1. The predicted molar refractivity (Wildman–Crippen MR) is 125 cm³/mol. The van der Waals surface area contributed by atoms with Gasteiger partial charge < -0.3 is 14.6 Å². The number of hydrazone groups is 1. The Labute approximate surface area is 189 Å². The third kappa shape index (κ3) is 5.40. The number of ether oxygens (including phenoxy) is 1. The number of anilines is 1. The van der Waals surface area contributed by atoms with E-state index in [1.807, 2.05) is 60.9 Å². The molecule has 1 aromatic heterocycles. The summed E-state index contributed by atoms with van der Waals surface area (Å²) in [7, 11) is 1.36. The number of hydrogen-bond donors (Lipinski definition) is 2. The second-order valence-corrected chi connectivity index (χ2v) is 7.74. The summed E-state index contributed by atoms with van der Waals surface area (Å²) in [6, 6.07) is 16.7. The molecule has 0 bridgehead atoms. The van der Waals surface area contributed by atoms with Gasteiger partial charge in [0, 0.05) is 27.1 Å². The summed E-state index contributed by atoms with van der Waals surface area (Å²) >= 11 is 3.37. The Kier molecular flexibility index (Phi) is 7.25. The van der Waals surface area contributed by atoms with Crippen molar-refractivity contribution in [3.05, 3.63) is 81.6 Å². The molecule has 8 heteroatoms. The normalized spacial score (nSPS) is 10.8. The van der Waals surface area contributed by atoms with Gasteiger partial charge in [-0.05, 0) is 56.3 Å². The molecule has 0 saturated heterocycles. The number of nitrogens with zero attached hydrogens (tertiary/aromatic N) is 2. The largest absolute Gasteiger partial charge is 0.465 e. The van der Waals surface area contributed by atoms with Crippen molar-refractivity contribution in [2.75, 3.05) is 19.0 Å². The second kappa shape index (κ2) is 10.1. The first-order chi connectivity index (χ1) is 14.9. The molecule has 1 heterocycles. The first-order valence-electron chi connectivity index (χ1n) is 9.58. The summed E-state index contributed by atoms with van der Waals surface area (Å²) in [5.41, 5.74) is 7.22. The molecule has 3 rings (SSSR count). The summed E-state index contributed by atoms with van der Waals surface area (Å²) in [6.07, 6.45) is 1.59. The summed E-state index contributed by atoms with van der Waals surface area (Å²) < 4.78 is 7.84. The molecule has 0 aliphatic rings. The van der Waals surface area contributed by atoms with Crippen molar-refractivity contribution in [3.63, 3.8) is 0 Å². The maximum atomic E-state index is 12.1. The van der Waals surface area contributed by atoms with Crippen molar-refractivity contribution >= 4 is 39.7 Å². The van der Waals surface area contributed by atoms with E-state index in [0.29, 0.717) is 5.56 Å². The minimum atomic E-state index is -0.399. The van der Waals surface area contributed by atoms with Gasteiger partial charge in [0.1, 0.15) is 0 Å². The van der Waals surface area contributed by atoms with Gasteiger partial charge in [0.25, 0.3) is 5.91 Å². The molecule has 2 N–H and O–H groups in total. The highest BCUT2D eigenvalue weighted by molar-refractivity contribution is 9.10. The maximum absolute atomic E-state index is 12.1. The van der Waals surface area contributed by atoms with Crippen LogP contribution in [0, 0.1) is 13.8 Å². The smallest absolute Gasteiger partial charge is 0.339 e. The number of aromatic nitrogens is 1. The molecule has 0 aliphatic carbocycles. The highest BCUT2D eigenvalue weighted by Crippen LogP contribution is 2.23. The van der Waals surface area contributed by atoms with Gasteiger partial charge in [-0.3, -0.25) is 4.79 Å². The van der Waals surface area contributed by atoms with Crippen LogP contribution in [-0.4, -0.2) is 36.3 Å². The lowest BCUT2D eigenvalue weighted by Crippen LogP contribution is -2.25. The fourth-order valence-electron chi connectivity index (χ4n) is 3.20. The van der Waals surface area contributed by atoms with Crippen molar-refractivity contribution in [3.8, 4) is 5.69 Å². The van der Waals surface area contributed by atoms with Crippen LogP contribution in [0.4, 0.5) is 5.69 Å². The zero-order chi connectivity index (χ0) is 22.4. The number of carbonyl (C=O) groups excluding carboxylic acids is 2. The van der Waals surface area contributed by atoms with Gasteiger partial charge in [-0.25, -0.2) is 10.2 Å². The molecule has 31 heavy (non-hydrogen) atoms. The molecule has 0 saturated carbocycles. The lowest BCUT2D eigenvalue weighted by Gasteiger charge is -2.13. The van der Waals surface area contributed by atoms with E-state index >= 15 is 0 Å². The van der Waals surface area contributed by atoms with E-state index in [9.17, 15) is 9.59 Å². The Morgan fingerprint density at radius 3 is 2.55 bits per heavy atom. The molecule has 0 unspecified atom stereocenters. The number of esters is 1. The number of hydrogen-bond acceptors (Lipinski definition) is 5. The zero-order valence-corrected chi connectivity index (χ0v) is 19.1. The highest BCUT2D eigenvalue weighted by atomic mass is 79.9. The van der Waals surface area contributed by atoms with Gasteiger partial charge in [-0.15, -0.1) is 0 Å². The fraction of sp³-hybridized carbons (Fsp3) is 0.174. The second-order valence-electron chi connectivity index (χ2n) is 6.82. The number of nitrogens with one attached hydrogen (secondary N) is 2. The molecule has 160 valence electrons. The molecule has 0 spiro atoms. The van der Waals surface area contributed by atoms with Gasteiger partial charge >= 0.3 is 5.97 Å². The number of carbonyl (C=O) groups is 2. The van der Waals surface area contributed by atoms with Crippen molar-refractivity contribution in [2.45, 2.75) is 13.8 Å². The van der Waals surface area contributed by atoms with E-state index in [1.54, 1.807) is 18.3 Å². The molecule has 0 aliphatic heterocycles. The van der Waals surface area contributed by atoms with Crippen LogP contribution < -0.4 is 10.7 Å². The van der Waals surface area contributed by atoms with Crippen LogP contribution in [-0.2, 0) is 9.53 Å². The average Bonchev–Trinajstić information content (AvgIpc) is 3.05. The molecule has 3 aromatic rings. The van der Waals surface area contributed by atoms with Crippen molar-refractivity contribution in [1.29, 1.82) is 0 Å². The Hall–Kier alpha value is -3.39. The summed E-state index contributed by atoms with van der Waals surface area (Å²) in [5.74, 6) is -0.659. The van der Waals surface area contributed by atoms with Crippen LogP contribution in [0.5, 0.6) is 0 Å². The third-order valence-electron chi connectivity index (χ3n) is 4.71. The van der Waals surface area contributed by atoms with Gasteiger partial charge in [0.2, 0.25) is 0 Å². The SMILES string of the molecule is COC(=O)c1ccccc1-n1c(C)cc(/C=N\NC(=O)CNc2ccc(Br)cc2)c1C. The number of halogens is 1. The van der Waals surface area contributed by atoms with Crippen LogP contribution in [0.25, 0.3) is 5.69 Å². The summed E-state index contributed by atoms with van der Waals surface area (Å²) in [6.45, 7) is 3.98. The standard InChI is InChI=1S/C23H23BrN4O3/c1-15-12-17(13-26-27-22(29)14-25-19-10-8-18(24)9-11-19)16(2)28(15)21-7-5-4-6-20(21)23(30)31-3/h4-13,25H,14H2,1-3H3,(H,27,29)/b26-13-. The highest BCUT2D eigenvalue weighted by Gasteiger charge is 2.17. The van der Waals surface area contributed by atoms with E-state index in [2.05, 4.69) is 31.8 Å². The Morgan fingerprint density at radius 1 is 1.13 bits per heavy atom. The van der Waals surface area contributed by atoms with Crippen LogP contribution in [0.1, 0.15) is 27.3 Å². The first kappa shape index (κ1) is 22.3. The molecular formula is C23H23BrN4O3. The quantitative estimate of drug-likeness (QED) is 0.300. The van der Waals surface area contributed by atoms with Gasteiger partial charge in [-0.1, -0.05) is 28.1 Å². The molecule has 0 radical (unpaired) electrons. The molecular weight excluding hydrogens is 460 g/mol. The number of rotatable bonds is 7. The number of amides is 1. The zero-order valence-electron chi connectivity index (χ0n) is 17.5. The van der Waals surface area contributed by atoms with E-state index in [4.69, 9.17) is 4.74 Å². The maximum Gasteiger partial charge on any atom is 0.339 e. The van der Waals surface area contributed by atoms with E-state index in [1.165, 1.54) is 7.11 Å².